The van der Waals surface area contributed by atoms with Gasteiger partial charge >= 0.3 is 0 Å². The van der Waals surface area contributed by atoms with E-state index in [0.29, 0.717) is 6.04 Å². The van der Waals surface area contributed by atoms with Gasteiger partial charge in [-0.2, -0.15) is 0 Å². The van der Waals surface area contributed by atoms with Crippen LogP contribution in [0, 0.1) is 0 Å². The summed E-state index contributed by atoms with van der Waals surface area (Å²) >= 11 is 0. The lowest BCUT2D eigenvalue weighted by atomic mass is 10.1. The molecule has 0 aromatic carbocycles. The first-order valence-corrected chi connectivity index (χ1v) is 4.75. The van der Waals surface area contributed by atoms with Gasteiger partial charge in [-0.15, -0.1) is 6.58 Å². The summed E-state index contributed by atoms with van der Waals surface area (Å²) < 4.78 is 0. The van der Waals surface area contributed by atoms with E-state index in [1.165, 1.54) is 6.42 Å². The van der Waals surface area contributed by atoms with Crippen molar-refractivity contribution in [2.24, 2.45) is 5.73 Å². The predicted octanol–water partition coefficient (Wildman–Crippen LogP) is 1.62. The van der Waals surface area contributed by atoms with Crippen molar-refractivity contribution in [1.82, 2.24) is 4.90 Å². The Morgan fingerprint density at radius 1 is 1.50 bits per heavy atom. The zero-order chi connectivity index (χ0) is 9.40. The number of hydrogen-bond donors (Lipinski definition) is 1. The zero-order valence-electron chi connectivity index (χ0n) is 8.42. The number of hydrogen-bond acceptors (Lipinski definition) is 2. The minimum absolute atomic E-state index is 0.377. The van der Waals surface area contributed by atoms with Gasteiger partial charge in [0, 0.05) is 12.6 Å². The highest BCUT2D eigenvalue weighted by Gasteiger charge is 2.02. The van der Waals surface area contributed by atoms with Gasteiger partial charge in [-0.05, 0) is 26.4 Å². The van der Waals surface area contributed by atoms with Gasteiger partial charge < -0.3 is 10.6 Å². The Morgan fingerprint density at radius 3 is 2.67 bits per heavy atom. The van der Waals surface area contributed by atoms with Crippen LogP contribution in [0.5, 0.6) is 0 Å². The summed E-state index contributed by atoms with van der Waals surface area (Å²) in [4.78, 5) is 2.24. The molecule has 72 valence electrons. The first-order valence-electron chi connectivity index (χ1n) is 4.75. The molecule has 0 aliphatic rings. The summed E-state index contributed by atoms with van der Waals surface area (Å²) in [6.07, 6.45) is 5.35. The Hall–Kier alpha value is -0.340. The van der Waals surface area contributed by atoms with E-state index in [-0.39, 0.29) is 0 Å². The van der Waals surface area contributed by atoms with Gasteiger partial charge in [0.2, 0.25) is 0 Å². The average molecular weight is 170 g/mol. The lowest BCUT2D eigenvalue weighted by molar-refractivity contribution is 0.344. The summed E-state index contributed by atoms with van der Waals surface area (Å²) in [6, 6.07) is 0.377. The van der Waals surface area contributed by atoms with E-state index in [4.69, 9.17) is 5.73 Å². The summed E-state index contributed by atoms with van der Waals surface area (Å²) in [7, 11) is 2.10. The molecule has 0 aromatic heterocycles. The first-order chi connectivity index (χ1) is 5.70. The number of nitrogens with two attached hydrogens (primary N) is 1. The molecule has 0 radical (unpaired) electrons. The van der Waals surface area contributed by atoms with Crippen LogP contribution in [0.25, 0.3) is 0 Å². The molecule has 0 fully saturated rings. The van der Waals surface area contributed by atoms with E-state index >= 15 is 0 Å². The molecule has 0 saturated carbocycles. The minimum Gasteiger partial charge on any atom is -0.328 e. The quantitative estimate of drug-likeness (QED) is 0.588. The van der Waals surface area contributed by atoms with Crippen LogP contribution in [0.2, 0.25) is 0 Å². The Balaban J connectivity index is 3.32. The van der Waals surface area contributed by atoms with Crippen molar-refractivity contribution >= 4 is 0 Å². The van der Waals surface area contributed by atoms with Gasteiger partial charge in [0.05, 0.1) is 0 Å². The van der Waals surface area contributed by atoms with Crippen LogP contribution in [0.15, 0.2) is 12.7 Å². The summed E-state index contributed by atoms with van der Waals surface area (Å²) in [5.41, 5.74) is 5.88. The highest BCUT2D eigenvalue weighted by molar-refractivity contribution is 4.72. The summed E-state index contributed by atoms with van der Waals surface area (Å²) in [5, 5.41) is 0. The van der Waals surface area contributed by atoms with Crippen molar-refractivity contribution in [3.8, 4) is 0 Å². The van der Waals surface area contributed by atoms with Crippen LogP contribution in [-0.2, 0) is 0 Å². The molecule has 1 atom stereocenters. The molecule has 1 unspecified atom stereocenters. The average Bonchev–Trinajstić information content (AvgIpc) is 2.02. The maximum absolute atomic E-state index is 5.88. The van der Waals surface area contributed by atoms with Crippen LogP contribution in [0.4, 0.5) is 0 Å². The van der Waals surface area contributed by atoms with E-state index in [0.717, 1.165) is 25.9 Å². The fourth-order valence-electron chi connectivity index (χ4n) is 1.21. The van der Waals surface area contributed by atoms with E-state index < -0.39 is 0 Å². The van der Waals surface area contributed by atoms with Crippen molar-refractivity contribution in [2.45, 2.75) is 32.2 Å². The van der Waals surface area contributed by atoms with Crippen LogP contribution in [0.1, 0.15) is 26.2 Å². The topological polar surface area (TPSA) is 29.3 Å². The normalized spacial score (nSPS) is 13.3. The maximum atomic E-state index is 5.88. The Morgan fingerprint density at radius 2 is 2.17 bits per heavy atom. The van der Waals surface area contributed by atoms with E-state index in [2.05, 4.69) is 25.5 Å². The third-order valence-electron chi connectivity index (χ3n) is 1.98. The van der Waals surface area contributed by atoms with Crippen LogP contribution < -0.4 is 5.73 Å². The molecule has 0 saturated heterocycles. The second kappa shape index (κ2) is 7.32. The molecule has 0 spiro atoms. The molecule has 0 rings (SSSR count). The molecule has 2 N–H and O–H groups in total. The van der Waals surface area contributed by atoms with Gasteiger partial charge in [0.25, 0.3) is 0 Å². The van der Waals surface area contributed by atoms with Crippen LogP contribution in [0.3, 0.4) is 0 Å². The minimum atomic E-state index is 0.377. The van der Waals surface area contributed by atoms with Crippen LogP contribution in [-0.4, -0.2) is 31.1 Å². The molecule has 0 heterocycles. The predicted molar refractivity (Wildman–Crippen MR) is 55.2 cm³/mol. The lowest BCUT2D eigenvalue weighted by Gasteiger charge is -2.17. The number of rotatable bonds is 7. The molecule has 2 nitrogen and oxygen atoms in total. The molecule has 2 heteroatoms. The molecule has 0 aliphatic carbocycles. The maximum Gasteiger partial charge on any atom is 0.0157 e. The van der Waals surface area contributed by atoms with Gasteiger partial charge in [-0.1, -0.05) is 19.4 Å². The highest BCUT2D eigenvalue weighted by atomic mass is 15.1. The SMILES string of the molecule is C=CCN(C)CCC(N)CCC. The smallest absolute Gasteiger partial charge is 0.0157 e. The molecular formula is C10H22N2. The van der Waals surface area contributed by atoms with Crippen molar-refractivity contribution < 1.29 is 0 Å². The molecule has 0 aromatic rings. The fraction of sp³-hybridized carbons (Fsp3) is 0.800. The second-order valence-corrected chi connectivity index (χ2v) is 3.39. The Bertz CT molecular complexity index is 112. The highest BCUT2D eigenvalue weighted by Crippen LogP contribution is 1.99. The molecule has 0 bridgehead atoms. The monoisotopic (exact) mass is 170 g/mol. The first kappa shape index (κ1) is 11.7. The molecule has 12 heavy (non-hydrogen) atoms. The largest absolute Gasteiger partial charge is 0.328 e. The number of likely N-dealkylation sites (N-methyl/N-ethyl adjacent to an activating group) is 1. The van der Waals surface area contributed by atoms with Gasteiger partial charge in [-0.25, -0.2) is 0 Å². The fourth-order valence-corrected chi connectivity index (χ4v) is 1.21. The Labute approximate surface area is 76.4 Å². The van der Waals surface area contributed by atoms with Crippen molar-refractivity contribution in [3.05, 3.63) is 12.7 Å². The van der Waals surface area contributed by atoms with Gasteiger partial charge in [-0.3, -0.25) is 0 Å². The second-order valence-electron chi connectivity index (χ2n) is 3.39. The van der Waals surface area contributed by atoms with E-state index in [1.807, 2.05) is 6.08 Å². The zero-order valence-corrected chi connectivity index (χ0v) is 8.42. The van der Waals surface area contributed by atoms with Crippen molar-refractivity contribution in [1.29, 1.82) is 0 Å². The lowest BCUT2D eigenvalue weighted by Crippen LogP contribution is -2.28. The number of nitrogens with zero attached hydrogens (tertiary/aromatic N) is 1. The molecule has 0 aliphatic heterocycles. The van der Waals surface area contributed by atoms with Crippen molar-refractivity contribution in [2.75, 3.05) is 20.1 Å². The van der Waals surface area contributed by atoms with Gasteiger partial charge in [0.1, 0.15) is 0 Å². The third kappa shape index (κ3) is 6.38. The third-order valence-corrected chi connectivity index (χ3v) is 1.98. The van der Waals surface area contributed by atoms with E-state index in [9.17, 15) is 0 Å². The van der Waals surface area contributed by atoms with Gasteiger partial charge in [0.15, 0.2) is 0 Å². The standard InChI is InChI=1S/C10H22N2/c1-4-6-10(11)7-9-12(3)8-5-2/h5,10H,2,4,6-9,11H2,1,3H3. The molecular weight excluding hydrogens is 148 g/mol. The Kier molecular flexibility index (Phi) is 7.11. The van der Waals surface area contributed by atoms with E-state index in [1.54, 1.807) is 0 Å². The van der Waals surface area contributed by atoms with Crippen molar-refractivity contribution in [3.63, 3.8) is 0 Å². The summed E-state index contributed by atoms with van der Waals surface area (Å²) in [6.45, 7) is 7.90. The molecule has 0 amide bonds. The van der Waals surface area contributed by atoms with Crippen LogP contribution >= 0.6 is 0 Å². The summed E-state index contributed by atoms with van der Waals surface area (Å²) in [5.74, 6) is 0.